The van der Waals surface area contributed by atoms with E-state index in [0.29, 0.717) is 5.56 Å². The summed E-state index contributed by atoms with van der Waals surface area (Å²) in [5.74, 6) is -2.11. The van der Waals surface area contributed by atoms with E-state index in [1.165, 1.54) is 18.9 Å². The Kier molecular flexibility index (Phi) is 8.59. The topological polar surface area (TPSA) is 113 Å². The van der Waals surface area contributed by atoms with Crippen LogP contribution in [-0.2, 0) is 29.5 Å². The third-order valence-corrected chi connectivity index (χ3v) is 8.54. The number of ether oxygens (including phenoxy) is 5. The van der Waals surface area contributed by atoms with Crippen LogP contribution in [0.2, 0.25) is 0 Å². The number of rotatable bonds is 7. The van der Waals surface area contributed by atoms with E-state index in [1.807, 2.05) is 29.3 Å². The van der Waals surface area contributed by atoms with Crippen LogP contribution in [0.15, 0.2) is 58.7 Å². The molecule has 0 unspecified atom stereocenters. The standard InChI is InChI=1S/C29H28F2N4O8S/c1-38-15-43-32-21-9-10-34-26(27(21)41-16-42-29(37)39-2)28(36)33-11-12-40-13-23(33)35(34)25-17-7-8-20(30)24(31)19(17)14-44-22-6-4-3-5-18(22)25/h3-10,23,25H,11-16H2,1-2H3/b32-21+/t23-,25+/m1/s1. The number of carbonyl (C=O) groups excluding carboxylic acids is 2. The van der Waals surface area contributed by atoms with E-state index < -0.39 is 42.7 Å². The molecule has 3 aromatic rings. The molecule has 1 aromatic heterocycles. The largest absolute Gasteiger partial charge is 0.510 e. The fourth-order valence-electron chi connectivity index (χ4n) is 5.54. The van der Waals surface area contributed by atoms with Crippen LogP contribution < -0.4 is 15.1 Å². The van der Waals surface area contributed by atoms with Gasteiger partial charge in [-0.05, 0) is 29.3 Å². The van der Waals surface area contributed by atoms with Crippen LogP contribution in [0.5, 0.6) is 5.75 Å². The van der Waals surface area contributed by atoms with Gasteiger partial charge in [-0.1, -0.05) is 29.4 Å². The van der Waals surface area contributed by atoms with Crippen molar-refractivity contribution in [1.29, 1.82) is 0 Å². The Hall–Kier alpha value is -4.34. The lowest BCUT2D eigenvalue weighted by Crippen LogP contribution is -2.66. The number of nitrogens with zero attached hydrogens (tertiary/aromatic N) is 4. The van der Waals surface area contributed by atoms with Gasteiger partial charge in [0.25, 0.3) is 5.91 Å². The normalized spacial score (nSPS) is 19.3. The number of hydrogen-bond acceptors (Lipinski definition) is 11. The molecule has 12 nitrogen and oxygen atoms in total. The number of hydrogen-bond donors (Lipinski definition) is 0. The van der Waals surface area contributed by atoms with Crippen LogP contribution in [0.25, 0.3) is 0 Å². The molecule has 6 rings (SSSR count). The molecule has 0 saturated carbocycles. The molecule has 0 N–H and O–H groups in total. The number of carbonyl (C=O) groups is 2. The van der Waals surface area contributed by atoms with Gasteiger partial charge in [-0.25, -0.2) is 13.6 Å². The molecule has 44 heavy (non-hydrogen) atoms. The number of methoxy groups -OCH3 is 2. The molecule has 2 atom stereocenters. The van der Waals surface area contributed by atoms with Gasteiger partial charge in [0.15, 0.2) is 23.1 Å². The van der Waals surface area contributed by atoms with Crippen molar-refractivity contribution in [3.63, 3.8) is 0 Å². The summed E-state index contributed by atoms with van der Waals surface area (Å²) in [7, 11) is 2.58. The van der Waals surface area contributed by atoms with E-state index in [4.69, 9.17) is 23.8 Å². The zero-order valence-corrected chi connectivity index (χ0v) is 24.6. The molecule has 3 aliphatic heterocycles. The van der Waals surface area contributed by atoms with Crippen LogP contribution in [0.4, 0.5) is 13.6 Å². The molecule has 0 spiro atoms. The minimum atomic E-state index is -0.990. The number of pyridine rings is 1. The molecule has 232 valence electrons. The number of aromatic nitrogens is 1. The maximum Gasteiger partial charge on any atom is 0.510 e. The maximum absolute atomic E-state index is 15.4. The Morgan fingerprint density at radius 1 is 1.11 bits per heavy atom. The van der Waals surface area contributed by atoms with Crippen LogP contribution in [0.1, 0.15) is 33.2 Å². The molecule has 3 aliphatic rings. The molecule has 1 saturated heterocycles. The summed E-state index contributed by atoms with van der Waals surface area (Å²) in [4.78, 5) is 33.6. The first-order valence-corrected chi connectivity index (χ1v) is 14.5. The van der Waals surface area contributed by atoms with Gasteiger partial charge in [0, 0.05) is 36.1 Å². The SMILES string of the molecule is COCO/N=c1\ccn2c(c1OCOC(=O)OC)C(=O)N1CCOC[C@H]1N2[C@@H]1c2ccccc2SCc2c1ccc(F)c2F. The van der Waals surface area contributed by atoms with Crippen molar-refractivity contribution in [1.82, 2.24) is 9.58 Å². The van der Waals surface area contributed by atoms with E-state index >= 15 is 4.39 Å². The third kappa shape index (κ3) is 5.31. The minimum absolute atomic E-state index is 0.0393. The van der Waals surface area contributed by atoms with E-state index in [2.05, 4.69) is 9.89 Å². The lowest BCUT2D eigenvalue weighted by atomic mass is 9.93. The molecule has 4 heterocycles. The highest BCUT2D eigenvalue weighted by atomic mass is 32.2. The first-order chi connectivity index (χ1) is 21.4. The smallest absolute Gasteiger partial charge is 0.452 e. The highest BCUT2D eigenvalue weighted by Crippen LogP contribution is 2.45. The van der Waals surface area contributed by atoms with Gasteiger partial charge in [-0.15, -0.1) is 11.8 Å². The summed E-state index contributed by atoms with van der Waals surface area (Å²) in [6, 6.07) is 11.2. The van der Waals surface area contributed by atoms with E-state index in [0.717, 1.165) is 23.6 Å². The Labute approximate surface area is 254 Å². The fourth-order valence-corrected chi connectivity index (χ4v) is 6.65. The van der Waals surface area contributed by atoms with Crippen LogP contribution in [0, 0.1) is 11.6 Å². The van der Waals surface area contributed by atoms with Gasteiger partial charge in [0.2, 0.25) is 13.6 Å². The van der Waals surface area contributed by atoms with Crippen molar-refractivity contribution in [2.45, 2.75) is 22.9 Å². The van der Waals surface area contributed by atoms with Crippen molar-refractivity contribution >= 4 is 23.8 Å². The van der Waals surface area contributed by atoms with Crippen molar-refractivity contribution in [2.24, 2.45) is 5.16 Å². The lowest BCUT2D eigenvalue weighted by Gasteiger charge is -2.51. The number of morpholine rings is 1. The van der Waals surface area contributed by atoms with Crippen LogP contribution >= 0.6 is 11.8 Å². The molecular formula is C29H28F2N4O8S. The number of thioether (sulfide) groups is 1. The first-order valence-electron chi connectivity index (χ1n) is 13.5. The average Bonchev–Trinajstić information content (AvgIpc) is 3.21. The van der Waals surface area contributed by atoms with Crippen molar-refractivity contribution in [3.8, 4) is 5.75 Å². The lowest BCUT2D eigenvalue weighted by molar-refractivity contribution is -0.0343. The minimum Gasteiger partial charge on any atom is -0.452 e. The number of fused-ring (bicyclic) bond motifs is 4. The highest BCUT2D eigenvalue weighted by Gasteiger charge is 2.46. The average molecular weight is 631 g/mol. The second kappa shape index (κ2) is 12.7. The molecule has 0 radical (unpaired) electrons. The van der Waals surface area contributed by atoms with Crippen molar-refractivity contribution < 1.29 is 46.9 Å². The van der Waals surface area contributed by atoms with E-state index in [1.54, 1.807) is 27.9 Å². The molecule has 0 bridgehead atoms. The Morgan fingerprint density at radius 2 is 1.95 bits per heavy atom. The second-order valence-electron chi connectivity index (χ2n) is 9.80. The number of amides is 1. The molecule has 1 fully saturated rings. The predicted octanol–water partition coefficient (Wildman–Crippen LogP) is 3.47. The van der Waals surface area contributed by atoms with Crippen LogP contribution in [0.3, 0.4) is 0 Å². The third-order valence-electron chi connectivity index (χ3n) is 7.43. The molecule has 15 heteroatoms. The van der Waals surface area contributed by atoms with Gasteiger partial charge in [0.1, 0.15) is 11.5 Å². The number of halogens is 2. The summed E-state index contributed by atoms with van der Waals surface area (Å²) in [6.45, 7) is -0.108. The Bertz CT molecular complexity index is 1650. The van der Waals surface area contributed by atoms with Crippen molar-refractivity contribution in [3.05, 3.63) is 88.0 Å². The summed E-state index contributed by atoms with van der Waals surface area (Å²) >= 11 is 1.40. The summed E-state index contributed by atoms with van der Waals surface area (Å²) in [5, 5.41) is 6.07. The van der Waals surface area contributed by atoms with Gasteiger partial charge < -0.3 is 33.4 Å². The maximum atomic E-state index is 15.4. The van der Waals surface area contributed by atoms with E-state index in [9.17, 15) is 14.0 Å². The number of benzene rings is 2. The molecule has 1 amide bonds. The Morgan fingerprint density at radius 3 is 2.77 bits per heavy atom. The highest BCUT2D eigenvalue weighted by molar-refractivity contribution is 7.98. The molecule has 2 aromatic carbocycles. The van der Waals surface area contributed by atoms with Crippen LogP contribution in [-0.4, -0.2) is 75.4 Å². The monoisotopic (exact) mass is 630 g/mol. The summed E-state index contributed by atoms with van der Waals surface area (Å²) in [6.07, 6.45) is -0.0126. The molecular weight excluding hydrogens is 602 g/mol. The summed E-state index contributed by atoms with van der Waals surface area (Å²) in [5.41, 5.74) is 1.63. The van der Waals surface area contributed by atoms with Gasteiger partial charge in [0.05, 0.1) is 26.4 Å². The zero-order valence-electron chi connectivity index (χ0n) is 23.7. The quantitative estimate of drug-likeness (QED) is 0.167. The summed E-state index contributed by atoms with van der Waals surface area (Å²) < 4.78 is 57.7. The Balaban J connectivity index is 1.59. The van der Waals surface area contributed by atoms with Gasteiger partial charge in [-0.3, -0.25) is 14.5 Å². The fraction of sp³-hybridized carbons (Fsp3) is 0.345. The second-order valence-corrected chi connectivity index (χ2v) is 10.8. The predicted molar refractivity (Wildman–Crippen MR) is 150 cm³/mol. The van der Waals surface area contributed by atoms with Crippen molar-refractivity contribution in [2.75, 3.05) is 52.6 Å². The first kappa shape index (κ1) is 29.7. The van der Waals surface area contributed by atoms with Gasteiger partial charge >= 0.3 is 6.16 Å². The molecule has 0 aliphatic carbocycles. The van der Waals surface area contributed by atoms with E-state index in [-0.39, 0.29) is 54.7 Å². The zero-order chi connectivity index (χ0) is 30.8. The van der Waals surface area contributed by atoms with Gasteiger partial charge in [-0.2, -0.15) is 0 Å².